The number of hydrogen-bond acceptors (Lipinski definition) is 2. The van der Waals surface area contributed by atoms with Crippen molar-refractivity contribution in [3.63, 3.8) is 0 Å². The van der Waals surface area contributed by atoms with Crippen LogP contribution in [0.25, 0.3) is 0 Å². The monoisotopic (exact) mass is 329 g/mol. The highest BCUT2D eigenvalue weighted by Crippen LogP contribution is 2.16. The Morgan fingerprint density at radius 1 is 1.53 bits per heavy atom. The molecule has 0 aliphatic carbocycles. The zero-order valence-electron chi connectivity index (χ0n) is 11.9. The van der Waals surface area contributed by atoms with Crippen LogP contribution in [-0.4, -0.2) is 23.1 Å². The topological polar surface area (TPSA) is 60.0 Å². The molecule has 0 bridgehead atoms. The van der Waals surface area contributed by atoms with Gasteiger partial charge in [0.2, 0.25) is 0 Å². The Morgan fingerprint density at radius 2 is 2.21 bits per heavy atom. The normalized spacial score (nSPS) is 12.7. The van der Waals surface area contributed by atoms with E-state index in [2.05, 4.69) is 42.0 Å². The van der Waals surface area contributed by atoms with E-state index in [4.69, 9.17) is 5.73 Å². The molecule has 0 fully saturated rings. The summed E-state index contributed by atoms with van der Waals surface area (Å²) in [6, 6.07) is 1.89. The third-order valence-corrected chi connectivity index (χ3v) is 3.37. The molecule has 0 radical (unpaired) electrons. The molecule has 1 aromatic rings. The number of aryl methyl sites for hydroxylation is 1. The van der Waals surface area contributed by atoms with E-state index in [9.17, 15) is 4.79 Å². The maximum atomic E-state index is 12.3. The molecule has 3 N–H and O–H groups in total. The number of carbonyl (C=O) groups is 1. The van der Waals surface area contributed by atoms with E-state index in [0.29, 0.717) is 18.2 Å². The third kappa shape index (κ3) is 4.99. The van der Waals surface area contributed by atoms with Crippen LogP contribution in [0.5, 0.6) is 0 Å². The molecular formula is C14H24BrN3O. The van der Waals surface area contributed by atoms with Gasteiger partial charge in [0, 0.05) is 29.8 Å². The van der Waals surface area contributed by atoms with Gasteiger partial charge >= 0.3 is 0 Å². The predicted octanol–water partition coefficient (Wildman–Crippen LogP) is 2.76. The molecule has 0 aliphatic heterocycles. The minimum Gasteiger partial charge on any atom is -0.347 e. The summed E-state index contributed by atoms with van der Waals surface area (Å²) >= 11 is 3.42. The Bertz CT molecular complexity index is 415. The molecular weight excluding hydrogens is 306 g/mol. The van der Waals surface area contributed by atoms with E-state index in [1.54, 1.807) is 0 Å². The molecule has 1 atom stereocenters. The number of aromatic nitrogens is 1. The predicted molar refractivity (Wildman–Crippen MR) is 82.2 cm³/mol. The molecule has 0 saturated carbocycles. The molecule has 4 nitrogen and oxygen atoms in total. The van der Waals surface area contributed by atoms with Gasteiger partial charge < -0.3 is 15.6 Å². The van der Waals surface area contributed by atoms with Crippen molar-refractivity contribution < 1.29 is 4.79 Å². The van der Waals surface area contributed by atoms with Crippen molar-refractivity contribution in [1.29, 1.82) is 0 Å². The average Bonchev–Trinajstić information content (AvgIpc) is 2.69. The van der Waals surface area contributed by atoms with Gasteiger partial charge in [-0.2, -0.15) is 0 Å². The van der Waals surface area contributed by atoms with Crippen LogP contribution >= 0.6 is 15.9 Å². The standard InChI is InChI=1S/C14H24BrN3O/c1-4-5-18-9-11(15)7-13(18)14(19)17-12(8-16)6-10(2)3/h7,9-10,12H,4-6,8,16H2,1-3H3,(H,17,19). The van der Waals surface area contributed by atoms with Crippen molar-refractivity contribution in [3.8, 4) is 0 Å². The maximum absolute atomic E-state index is 12.3. The Hall–Kier alpha value is -0.810. The summed E-state index contributed by atoms with van der Waals surface area (Å²) in [4.78, 5) is 12.3. The zero-order chi connectivity index (χ0) is 14.4. The highest BCUT2D eigenvalue weighted by atomic mass is 79.9. The van der Waals surface area contributed by atoms with Gasteiger partial charge in [-0.15, -0.1) is 0 Å². The van der Waals surface area contributed by atoms with Crippen LogP contribution < -0.4 is 11.1 Å². The molecule has 1 heterocycles. The lowest BCUT2D eigenvalue weighted by Crippen LogP contribution is -2.41. The van der Waals surface area contributed by atoms with Gasteiger partial charge in [-0.05, 0) is 40.8 Å². The smallest absolute Gasteiger partial charge is 0.268 e. The fraction of sp³-hybridized carbons (Fsp3) is 0.643. The van der Waals surface area contributed by atoms with Crippen molar-refractivity contribution >= 4 is 21.8 Å². The first-order chi connectivity index (χ1) is 8.97. The summed E-state index contributed by atoms with van der Waals surface area (Å²) in [5.74, 6) is 0.471. The molecule has 19 heavy (non-hydrogen) atoms. The van der Waals surface area contributed by atoms with Crippen molar-refractivity contribution in [3.05, 3.63) is 22.4 Å². The second-order valence-corrected chi connectivity index (χ2v) is 6.19. The highest BCUT2D eigenvalue weighted by Gasteiger charge is 2.17. The van der Waals surface area contributed by atoms with E-state index in [-0.39, 0.29) is 11.9 Å². The largest absolute Gasteiger partial charge is 0.347 e. The van der Waals surface area contributed by atoms with Crippen molar-refractivity contribution in [2.75, 3.05) is 6.54 Å². The SMILES string of the molecule is CCCn1cc(Br)cc1C(=O)NC(CN)CC(C)C. The van der Waals surface area contributed by atoms with Crippen molar-refractivity contribution in [1.82, 2.24) is 9.88 Å². The fourth-order valence-corrected chi connectivity index (χ4v) is 2.60. The number of hydrogen-bond donors (Lipinski definition) is 2. The molecule has 1 unspecified atom stereocenters. The van der Waals surface area contributed by atoms with Crippen LogP contribution in [0.15, 0.2) is 16.7 Å². The molecule has 0 aliphatic rings. The summed E-state index contributed by atoms with van der Waals surface area (Å²) in [6.07, 6.45) is 3.84. The second-order valence-electron chi connectivity index (χ2n) is 5.27. The number of carbonyl (C=O) groups excluding carboxylic acids is 1. The third-order valence-electron chi connectivity index (χ3n) is 2.94. The Balaban J connectivity index is 2.76. The van der Waals surface area contributed by atoms with E-state index >= 15 is 0 Å². The van der Waals surface area contributed by atoms with Crippen LogP contribution in [0, 0.1) is 5.92 Å². The van der Waals surface area contributed by atoms with Crippen LogP contribution in [0.3, 0.4) is 0 Å². The first-order valence-corrected chi connectivity index (χ1v) is 7.63. The van der Waals surface area contributed by atoms with Crippen LogP contribution in [0.1, 0.15) is 44.1 Å². The summed E-state index contributed by atoms with van der Waals surface area (Å²) < 4.78 is 2.90. The first kappa shape index (κ1) is 16.2. The van der Waals surface area contributed by atoms with Gasteiger partial charge in [-0.1, -0.05) is 20.8 Å². The molecule has 0 saturated heterocycles. The number of amides is 1. The second kappa shape index (κ2) is 7.70. The molecule has 108 valence electrons. The van der Waals surface area contributed by atoms with Gasteiger partial charge in [-0.25, -0.2) is 0 Å². The van der Waals surface area contributed by atoms with Crippen molar-refractivity contribution in [2.45, 2.75) is 46.2 Å². The van der Waals surface area contributed by atoms with Crippen molar-refractivity contribution in [2.24, 2.45) is 11.7 Å². The highest BCUT2D eigenvalue weighted by molar-refractivity contribution is 9.10. The average molecular weight is 330 g/mol. The van der Waals surface area contributed by atoms with E-state index in [1.807, 2.05) is 16.8 Å². The number of rotatable bonds is 7. The summed E-state index contributed by atoms with van der Waals surface area (Å²) in [5, 5.41) is 3.02. The van der Waals surface area contributed by atoms with Gasteiger partial charge in [0.05, 0.1) is 0 Å². The molecule has 0 spiro atoms. The van der Waals surface area contributed by atoms with E-state index in [1.165, 1.54) is 0 Å². The zero-order valence-corrected chi connectivity index (χ0v) is 13.5. The van der Waals surface area contributed by atoms with Crippen LogP contribution in [0.2, 0.25) is 0 Å². The minimum absolute atomic E-state index is 0.0382. The molecule has 5 heteroatoms. The van der Waals surface area contributed by atoms with Gasteiger partial charge in [0.15, 0.2) is 0 Å². The minimum atomic E-state index is -0.0461. The lowest BCUT2D eigenvalue weighted by molar-refractivity contribution is 0.0924. The molecule has 1 amide bonds. The van der Waals surface area contributed by atoms with Gasteiger partial charge in [-0.3, -0.25) is 4.79 Å². The maximum Gasteiger partial charge on any atom is 0.268 e. The number of nitrogens with two attached hydrogens (primary N) is 1. The molecule has 1 aromatic heterocycles. The van der Waals surface area contributed by atoms with E-state index in [0.717, 1.165) is 23.9 Å². The number of halogens is 1. The van der Waals surface area contributed by atoms with Crippen LogP contribution in [-0.2, 0) is 6.54 Å². The van der Waals surface area contributed by atoms with E-state index < -0.39 is 0 Å². The number of nitrogens with zero attached hydrogens (tertiary/aromatic N) is 1. The first-order valence-electron chi connectivity index (χ1n) is 6.84. The summed E-state index contributed by atoms with van der Waals surface area (Å²) in [6.45, 7) is 7.67. The quantitative estimate of drug-likeness (QED) is 0.808. The van der Waals surface area contributed by atoms with Crippen LogP contribution in [0.4, 0.5) is 0 Å². The fourth-order valence-electron chi connectivity index (χ4n) is 2.13. The van der Waals surface area contributed by atoms with Gasteiger partial charge in [0.25, 0.3) is 5.91 Å². The Morgan fingerprint density at radius 3 is 2.74 bits per heavy atom. The summed E-state index contributed by atoms with van der Waals surface area (Å²) in [7, 11) is 0. The molecule has 0 aromatic carbocycles. The number of nitrogens with one attached hydrogen (secondary N) is 1. The Kier molecular flexibility index (Phi) is 6.58. The summed E-state index contributed by atoms with van der Waals surface area (Å²) in [5.41, 5.74) is 6.41. The lowest BCUT2D eigenvalue weighted by Gasteiger charge is -2.19. The lowest BCUT2D eigenvalue weighted by atomic mass is 10.0. The molecule has 1 rings (SSSR count). The van der Waals surface area contributed by atoms with Gasteiger partial charge in [0.1, 0.15) is 5.69 Å². The Labute approximate surface area is 123 Å².